The zero-order chi connectivity index (χ0) is 15.6. The van der Waals surface area contributed by atoms with Crippen LogP contribution in [0.3, 0.4) is 0 Å². The molecule has 0 aromatic rings. The first kappa shape index (κ1) is 18.8. The Bertz CT molecular complexity index is 356. The molecule has 0 fully saturated rings. The molecule has 0 heterocycles. The van der Waals surface area contributed by atoms with Gasteiger partial charge in [-0.1, -0.05) is 13.5 Å². The molecular formula is C15H23ClO4. The smallest absolute Gasteiger partial charge is 0.321 e. The van der Waals surface area contributed by atoms with Crippen molar-refractivity contribution in [1.29, 1.82) is 0 Å². The summed E-state index contributed by atoms with van der Waals surface area (Å²) in [5.74, 6) is -1.76. The highest BCUT2D eigenvalue weighted by Gasteiger charge is 2.44. The SMILES string of the molecule is C=C=CC(C)(CCCCl)C(C(=O)OCC)C(=O)OCC. The van der Waals surface area contributed by atoms with Gasteiger partial charge in [0.05, 0.1) is 13.2 Å². The second kappa shape index (κ2) is 9.62. The Morgan fingerprint density at radius 2 is 1.80 bits per heavy atom. The number of alkyl halides is 1. The highest BCUT2D eigenvalue weighted by molar-refractivity contribution is 6.17. The molecule has 1 atom stereocenters. The molecule has 0 aliphatic carbocycles. The van der Waals surface area contributed by atoms with Crippen LogP contribution in [0.2, 0.25) is 0 Å². The fraction of sp³-hybridized carbons (Fsp3) is 0.667. The Hall–Kier alpha value is -1.25. The maximum Gasteiger partial charge on any atom is 0.321 e. The Morgan fingerprint density at radius 3 is 2.15 bits per heavy atom. The van der Waals surface area contributed by atoms with Crippen molar-refractivity contribution in [2.75, 3.05) is 19.1 Å². The van der Waals surface area contributed by atoms with E-state index in [0.717, 1.165) is 0 Å². The molecule has 0 aromatic carbocycles. The monoisotopic (exact) mass is 302 g/mol. The second-order valence-electron chi connectivity index (χ2n) is 4.58. The number of allylic oxidation sites excluding steroid dienone is 1. The molecular weight excluding hydrogens is 280 g/mol. The van der Waals surface area contributed by atoms with Crippen molar-refractivity contribution in [3.05, 3.63) is 18.4 Å². The molecule has 0 spiro atoms. The van der Waals surface area contributed by atoms with Crippen LogP contribution < -0.4 is 0 Å². The van der Waals surface area contributed by atoms with Crippen molar-refractivity contribution in [3.63, 3.8) is 0 Å². The van der Waals surface area contributed by atoms with Gasteiger partial charge in [-0.25, -0.2) is 0 Å². The van der Waals surface area contributed by atoms with Crippen molar-refractivity contribution in [1.82, 2.24) is 0 Å². The lowest BCUT2D eigenvalue weighted by atomic mass is 9.73. The number of hydrogen-bond donors (Lipinski definition) is 0. The minimum absolute atomic E-state index is 0.206. The van der Waals surface area contributed by atoms with E-state index in [2.05, 4.69) is 12.3 Å². The van der Waals surface area contributed by atoms with E-state index < -0.39 is 23.3 Å². The normalized spacial score (nSPS) is 13.2. The van der Waals surface area contributed by atoms with Crippen molar-refractivity contribution in [3.8, 4) is 0 Å². The predicted octanol–water partition coefficient (Wildman–Crippen LogP) is 3.10. The summed E-state index contributed by atoms with van der Waals surface area (Å²) < 4.78 is 10.0. The molecule has 114 valence electrons. The van der Waals surface area contributed by atoms with Crippen molar-refractivity contribution >= 4 is 23.5 Å². The van der Waals surface area contributed by atoms with E-state index in [4.69, 9.17) is 21.1 Å². The van der Waals surface area contributed by atoms with Gasteiger partial charge in [0.2, 0.25) is 0 Å². The Labute approximate surface area is 125 Å². The molecule has 5 heteroatoms. The minimum Gasteiger partial charge on any atom is -0.465 e. The third kappa shape index (κ3) is 5.40. The molecule has 20 heavy (non-hydrogen) atoms. The largest absolute Gasteiger partial charge is 0.465 e. The topological polar surface area (TPSA) is 52.6 Å². The predicted molar refractivity (Wildman–Crippen MR) is 78.5 cm³/mol. The fourth-order valence-corrected chi connectivity index (χ4v) is 2.20. The average Bonchev–Trinajstić information content (AvgIpc) is 2.37. The molecule has 0 aliphatic heterocycles. The van der Waals surface area contributed by atoms with Crippen LogP contribution >= 0.6 is 11.6 Å². The summed E-state index contributed by atoms with van der Waals surface area (Å²) in [7, 11) is 0. The van der Waals surface area contributed by atoms with Gasteiger partial charge >= 0.3 is 11.9 Å². The first-order valence-electron chi connectivity index (χ1n) is 6.73. The number of rotatable bonds is 9. The van der Waals surface area contributed by atoms with Gasteiger partial charge in [0.15, 0.2) is 5.92 Å². The lowest BCUT2D eigenvalue weighted by Crippen LogP contribution is -2.40. The van der Waals surface area contributed by atoms with E-state index in [-0.39, 0.29) is 13.2 Å². The van der Waals surface area contributed by atoms with Gasteiger partial charge < -0.3 is 9.47 Å². The quantitative estimate of drug-likeness (QED) is 0.284. The van der Waals surface area contributed by atoms with Gasteiger partial charge in [-0.3, -0.25) is 9.59 Å². The molecule has 0 saturated carbocycles. The van der Waals surface area contributed by atoms with Crippen LogP contribution in [-0.2, 0) is 19.1 Å². The van der Waals surface area contributed by atoms with E-state index >= 15 is 0 Å². The third-order valence-corrected chi connectivity index (χ3v) is 3.25. The summed E-state index contributed by atoms with van der Waals surface area (Å²) >= 11 is 5.71. The van der Waals surface area contributed by atoms with E-state index in [1.807, 2.05) is 0 Å². The number of esters is 2. The second-order valence-corrected chi connectivity index (χ2v) is 4.96. The van der Waals surface area contributed by atoms with Crippen molar-refractivity contribution in [2.24, 2.45) is 11.3 Å². The van der Waals surface area contributed by atoms with Crippen LogP contribution in [-0.4, -0.2) is 31.0 Å². The number of ether oxygens (including phenoxy) is 2. The number of hydrogen-bond acceptors (Lipinski definition) is 4. The zero-order valence-electron chi connectivity index (χ0n) is 12.4. The summed E-state index contributed by atoms with van der Waals surface area (Å²) in [5.41, 5.74) is 1.89. The van der Waals surface area contributed by atoms with Gasteiger partial charge in [0.25, 0.3) is 0 Å². The average molecular weight is 303 g/mol. The lowest BCUT2D eigenvalue weighted by molar-refractivity contribution is -0.166. The van der Waals surface area contributed by atoms with Crippen LogP contribution in [0.1, 0.15) is 33.6 Å². The first-order valence-corrected chi connectivity index (χ1v) is 7.26. The van der Waals surface area contributed by atoms with Crippen LogP contribution in [0.4, 0.5) is 0 Å². The fourth-order valence-electron chi connectivity index (χ4n) is 2.07. The zero-order valence-corrected chi connectivity index (χ0v) is 13.2. The van der Waals surface area contributed by atoms with E-state index in [1.165, 1.54) is 0 Å². The van der Waals surface area contributed by atoms with Crippen molar-refractivity contribution in [2.45, 2.75) is 33.6 Å². The highest BCUT2D eigenvalue weighted by atomic mass is 35.5. The summed E-state index contributed by atoms with van der Waals surface area (Å²) in [6, 6.07) is 0. The number of halogens is 1. The lowest BCUT2D eigenvalue weighted by Gasteiger charge is -2.31. The van der Waals surface area contributed by atoms with Crippen LogP contribution in [0.15, 0.2) is 18.4 Å². The molecule has 0 saturated heterocycles. The van der Waals surface area contributed by atoms with Crippen LogP contribution in [0.5, 0.6) is 0 Å². The van der Waals surface area contributed by atoms with E-state index in [1.54, 1.807) is 26.8 Å². The Morgan fingerprint density at radius 1 is 1.30 bits per heavy atom. The number of carbonyl (C=O) groups excluding carboxylic acids is 2. The van der Waals surface area contributed by atoms with E-state index in [9.17, 15) is 9.59 Å². The van der Waals surface area contributed by atoms with Crippen LogP contribution in [0, 0.1) is 11.3 Å². The van der Waals surface area contributed by atoms with Gasteiger partial charge in [0.1, 0.15) is 0 Å². The maximum absolute atomic E-state index is 12.1. The van der Waals surface area contributed by atoms with Gasteiger partial charge in [0, 0.05) is 11.3 Å². The molecule has 4 nitrogen and oxygen atoms in total. The van der Waals surface area contributed by atoms with Gasteiger partial charge in [-0.15, -0.1) is 17.3 Å². The first-order chi connectivity index (χ1) is 9.46. The molecule has 0 aliphatic rings. The Balaban J connectivity index is 5.44. The summed E-state index contributed by atoms with van der Waals surface area (Å²) in [5, 5.41) is 0. The molecule has 1 unspecified atom stereocenters. The molecule has 0 N–H and O–H groups in total. The molecule has 0 aromatic heterocycles. The van der Waals surface area contributed by atoms with Gasteiger partial charge in [-0.05, 0) is 32.8 Å². The molecule has 0 rings (SSSR count). The summed E-state index contributed by atoms with van der Waals surface area (Å²) in [4.78, 5) is 24.2. The van der Waals surface area contributed by atoms with Crippen LogP contribution in [0.25, 0.3) is 0 Å². The Kier molecular flexibility index (Phi) is 9.02. The summed E-state index contributed by atoms with van der Waals surface area (Å²) in [6.45, 7) is 9.12. The van der Waals surface area contributed by atoms with E-state index in [0.29, 0.717) is 18.7 Å². The highest BCUT2D eigenvalue weighted by Crippen LogP contribution is 2.36. The minimum atomic E-state index is -1.03. The molecule has 0 radical (unpaired) electrons. The van der Waals surface area contributed by atoms with Gasteiger partial charge in [-0.2, -0.15) is 0 Å². The third-order valence-electron chi connectivity index (χ3n) is 2.98. The standard InChI is InChI=1S/C15H23ClO4/c1-5-9-15(4,10-8-11-16)12(13(17)19-6-2)14(18)20-7-3/h9,12H,1,6-8,10-11H2,2-4H3. The molecule has 0 amide bonds. The molecule has 0 bridgehead atoms. The summed E-state index contributed by atoms with van der Waals surface area (Å²) in [6.07, 6.45) is 2.82. The maximum atomic E-state index is 12.1. The van der Waals surface area contributed by atoms with Crippen molar-refractivity contribution < 1.29 is 19.1 Å². The number of carbonyl (C=O) groups is 2.